The standard InChI is InChI=1S/C27H25BrCl2FN5O/c1-17-14-26(33-20-4-8-24(31)23(28)16-20)22-15-19(5-9-25(22)32-17)35-27(37)34-18-2-6-21(7-3-18)36(12-10-29)13-11-30/h2-9,14-16H,10-13H2,1H3,(H,32,33)(H2,34,35,37). The summed E-state index contributed by atoms with van der Waals surface area (Å²) in [5.74, 6) is 0.661. The van der Waals surface area contributed by atoms with Crippen molar-refractivity contribution in [2.45, 2.75) is 6.92 Å². The maximum absolute atomic E-state index is 13.7. The Morgan fingerprint density at radius 2 is 1.57 bits per heavy atom. The molecule has 37 heavy (non-hydrogen) atoms. The van der Waals surface area contributed by atoms with Gasteiger partial charge in [0.15, 0.2) is 0 Å². The van der Waals surface area contributed by atoms with Gasteiger partial charge < -0.3 is 20.9 Å². The number of carbonyl (C=O) groups excluding carboxylic acids is 1. The number of benzene rings is 3. The topological polar surface area (TPSA) is 69.3 Å². The largest absolute Gasteiger partial charge is 0.369 e. The van der Waals surface area contributed by atoms with Crippen LogP contribution >= 0.6 is 39.1 Å². The van der Waals surface area contributed by atoms with E-state index in [1.165, 1.54) is 6.07 Å². The molecule has 0 unspecified atom stereocenters. The summed E-state index contributed by atoms with van der Waals surface area (Å²) in [6, 6.07) is 19.3. The molecule has 3 aromatic carbocycles. The van der Waals surface area contributed by atoms with Gasteiger partial charge in [-0.15, -0.1) is 23.2 Å². The highest BCUT2D eigenvalue weighted by molar-refractivity contribution is 9.10. The van der Waals surface area contributed by atoms with E-state index in [1.54, 1.807) is 18.2 Å². The van der Waals surface area contributed by atoms with E-state index >= 15 is 0 Å². The van der Waals surface area contributed by atoms with Gasteiger partial charge in [0.1, 0.15) is 5.82 Å². The number of fused-ring (bicyclic) bond motifs is 1. The van der Waals surface area contributed by atoms with E-state index in [4.69, 9.17) is 23.2 Å². The predicted molar refractivity (Wildman–Crippen MR) is 157 cm³/mol. The average Bonchev–Trinajstić information content (AvgIpc) is 2.87. The highest BCUT2D eigenvalue weighted by Crippen LogP contribution is 2.30. The summed E-state index contributed by atoms with van der Waals surface area (Å²) in [6.07, 6.45) is 0. The van der Waals surface area contributed by atoms with Crippen molar-refractivity contribution in [2.75, 3.05) is 45.7 Å². The molecule has 1 aromatic heterocycles. The van der Waals surface area contributed by atoms with E-state index in [1.807, 2.05) is 49.4 Å². The Morgan fingerprint density at radius 1 is 0.919 bits per heavy atom. The molecule has 0 spiro atoms. The van der Waals surface area contributed by atoms with Crippen molar-refractivity contribution in [1.82, 2.24) is 4.98 Å². The summed E-state index contributed by atoms with van der Waals surface area (Å²) in [5, 5.41) is 9.86. The van der Waals surface area contributed by atoms with E-state index in [9.17, 15) is 9.18 Å². The number of aryl methyl sites for hydroxylation is 1. The smallest absolute Gasteiger partial charge is 0.323 e. The normalized spacial score (nSPS) is 10.8. The van der Waals surface area contributed by atoms with Crippen molar-refractivity contribution in [3.8, 4) is 0 Å². The number of aromatic nitrogens is 1. The number of hydrogen-bond acceptors (Lipinski definition) is 4. The lowest BCUT2D eigenvalue weighted by molar-refractivity contribution is 0.262. The second-order valence-electron chi connectivity index (χ2n) is 8.29. The highest BCUT2D eigenvalue weighted by Gasteiger charge is 2.10. The lowest BCUT2D eigenvalue weighted by Crippen LogP contribution is -2.27. The van der Waals surface area contributed by atoms with Crippen LogP contribution in [-0.4, -0.2) is 35.9 Å². The van der Waals surface area contributed by atoms with E-state index in [0.717, 1.165) is 33.7 Å². The quantitative estimate of drug-likeness (QED) is 0.169. The first-order valence-electron chi connectivity index (χ1n) is 11.5. The zero-order valence-corrected chi connectivity index (χ0v) is 23.1. The molecule has 4 rings (SSSR count). The van der Waals surface area contributed by atoms with Crippen LogP contribution in [0.15, 0.2) is 71.2 Å². The maximum Gasteiger partial charge on any atom is 0.323 e. The number of nitrogens with zero attached hydrogens (tertiary/aromatic N) is 2. The van der Waals surface area contributed by atoms with Crippen molar-refractivity contribution in [3.05, 3.63) is 82.7 Å². The Bertz CT molecular complexity index is 1400. The predicted octanol–water partition coefficient (Wildman–Crippen LogP) is 8.12. The molecule has 0 saturated heterocycles. The Hall–Kier alpha value is -3.07. The number of urea groups is 1. The fraction of sp³-hybridized carbons (Fsp3) is 0.185. The van der Waals surface area contributed by atoms with Crippen LogP contribution in [0.2, 0.25) is 0 Å². The number of amides is 2. The van der Waals surface area contributed by atoms with E-state index in [2.05, 4.69) is 41.8 Å². The van der Waals surface area contributed by atoms with Crippen molar-refractivity contribution in [2.24, 2.45) is 0 Å². The Kier molecular flexibility index (Phi) is 9.08. The summed E-state index contributed by atoms with van der Waals surface area (Å²) < 4.78 is 14.0. The van der Waals surface area contributed by atoms with E-state index in [-0.39, 0.29) is 11.8 Å². The zero-order valence-electron chi connectivity index (χ0n) is 20.0. The van der Waals surface area contributed by atoms with Gasteiger partial charge in [0.25, 0.3) is 0 Å². The Morgan fingerprint density at radius 3 is 2.24 bits per heavy atom. The monoisotopic (exact) mass is 603 g/mol. The molecule has 192 valence electrons. The van der Waals surface area contributed by atoms with Crippen LogP contribution in [0.5, 0.6) is 0 Å². The van der Waals surface area contributed by atoms with Crippen molar-refractivity contribution < 1.29 is 9.18 Å². The number of halogens is 4. The van der Waals surface area contributed by atoms with Gasteiger partial charge in [0, 0.05) is 64.4 Å². The molecule has 3 N–H and O–H groups in total. The molecule has 4 aromatic rings. The molecule has 0 saturated carbocycles. The van der Waals surface area contributed by atoms with Gasteiger partial charge in [0.2, 0.25) is 0 Å². The van der Waals surface area contributed by atoms with Crippen molar-refractivity contribution in [1.29, 1.82) is 0 Å². The van der Waals surface area contributed by atoms with Crippen molar-refractivity contribution in [3.63, 3.8) is 0 Å². The molecule has 1 heterocycles. The van der Waals surface area contributed by atoms with Crippen LogP contribution in [0, 0.1) is 12.7 Å². The van der Waals surface area contributed by atoms with E-state index < -0.39 is 0 Å². The average molecular weight is 605 g/mol. The molecular weight excluding hydrogens is 580 g/mol. The van der Waals surface area contributed by atoms with Crippen LogP contribution in [0.4, 0.5) is 37.6 Å². The first-order chi connectivity index (χ1) is 17.9. The van der Waals surface area contributed by atoms with Gasteiger partial charge in [-0.25, -0.2) is 9.18 Å². The summed E-state index contributed by atoms with van der Waals surface area (Å²) >= 11 is 15.0. The Balaban J connectivity index is 1.49. The second-order valence-corrected chi connectivity index (χ2v) is 9.90. The minimum atomic E-state index is -0.373. The fourth-order valence-corrected chi connectivity index (χ4v) is 4.68. The van der Waals surface area contributed by atoms with Gasteiger partial charge in [-0.05, 0) is 89.6 Å². The maximum atomic E-state index is 13.7. The minimum Gasteiger partial charge on any atom is -0.369 e. The molecule has 2 amide bonds. The third-order valence-electron chi connectivity index (χ3n) is 5.59. The molecule has 0 aliphatic rings. The molecule has 0 aliphatic heterocycles. The third kappa shape index (κ3) is 7.03. The number of pyridine rings is 1. The van der Waals surface area contributed by atoms with Crippen LogP contribution in [-0.2, 0) is 0 Å². The number of hydrogen-bond donors (Lipinski definition) is 3. The summed E-state index contributed by atoms with van der Waals surface area (Å²) in [4.78, 5) is 19.4. The fourth-order valence-electron chi connectivity index (χ4n) is 3.89. The van der Waals surface area contributed by atoms with E-state index in [0.29, 0.717) is 40.7 Å². The zero-order chi connectivity index (χ0) is 26.4. The number of carbonyl (C=O) groups is 1. The molecular formula is C27H25BrCl2FN5O. The highest BCUT2D eigenvalue weighted by atomic mass is 79.9. The van der Waals surface area contributed by atoms with Gasteiger partial charge in [0.05, 0.1) is 9.99 Å². The van der Waals surface area contributed by atoms with Gasteiger partial charge in [-0.3, -0.25) is 4.98 Å². The molecule has 0 bridgehead atoms. The SMILES string of the molecule is Cc1cc(Nc2ccc(F)c(Br)c2)c2cc(NC(=O)Nc3ccc(N(CCCl)CCCl)cc3)ccc2n1. The lowest BCUT2D eigenvalue weighted by atomic mass is 10.1. The molecule has 0 fully saturated rings. The van der Waals surface area contributed by atoms with Gasteiger partial charge >= 0.3 is 6.03 Å². The van der Waals surface area contributed by atoms with Gasteiger partial charge in [-0.2, -0.15) is 0 Å². The number of alkyl halides is 2. The van der Waals surface area contributed by atoms with Crippen LogP contribution in [0.1, 0.15) is 5.69 Å². The molecule has 10 heteroatoms. The third-order valence-corrected chi connectivity index (χ3v) is 6.54. The van der Waals surface area contributed by atoms with Crippen LogP contribution in [0.25, 0.3) is 10.9 Å². The lowest BCUT2D eigenvalue weighted by Gasteiger charge is -2.23. The molecule has 0 aliphatic carbocycles. The van der Waals surface area contributed by atoms with Crippen LogP contribution in [0.3, 0.4) is 0 Å². The molecule has 0 radical (unpaired) electrons. The second kappa shape index (κ2) is 12.4. The summed E-state index contributed by atoms with van der Waals surface area (Å²) in [6.45, 7) is 3.28. The summed E-state index contributed by atoms with van der Waals surface area (Å²) in [5.41, 5.74) is 5.34. The number of anilines is 5. The number of rotatable bonds is 9. The van der Waals surface area contributed by atoms with Gasteiger partial charge in [-0.1, -0.05) is 0 Å². The summed E-state index contributed by atoms with van der Waals surface area (Å²) in [7, 11) is 0. The first kappa shape index (κ1) is 27.0. The van der Waals surface area contributed by atoms with Crippen molar-refractivity contribution >= 4 is 84.5 Å². The minimum absolute atomic E-state index is 0.337. The first-order valence-corrected chi connectivity index (χ1v) is 13.4. The molecule has 6 nitrogen and oxygen atoms in total. The van der Waals surface area contributed by atoms with Crippen LogP contribution < -0.4 is 20.9 Å². The Labute approximate surface area is 233 Å². The number of nitrogens with one attached hydrogen (secondary N) is 3. The molecule has 0 atom stereocenters.